The highest BCUT2D eigenvalue weighted by Gasteiger charge is 2.36. The van der Waals surface area contributed by atoms with E-state index in [-0.39, 0.29) is 11.8 Å². The van der Waals surface area contributed by atoms with Crippen LogP contribution in [0.2, 0.25) is 5.02 Å². The van der Waals surface area contributed by atoms with E-state index in [9.17, 15) is 4.79 Å². The van der Waals surface area contributed by atoms with Crippen LogP contribution in [0.4, 0.5) is 5.69 Å². The lowest BCUT2D eigenvalue weighted by atomic mass is 10.1. The van der Waals surface area contributed by atoms with Gasteiger partial charge >= 0.3 is 0 Å². The highest BCUT2D eigenvalue weighted by atomic mass is 35.5. The molecule has 1 saturated heterocycles. The summed E-state index contributed by atoms with van der Waals surface area (Å²) < 4.78 is 7.43. The van der Waals surface area contributed by atoms with Gasteiger partial charge < -0.3 is 14.2 Å². The fourth-order valence-electron chi connectivity index (χ4n) is 3.65. The van der Waals surface area contributed by atoms with E-state index in [0.29, 0.717) is 36.0 Å². The van der Waals surface area contributed by atoms with Crippen molar-refractivity contribution in [2.24, 2.45) is 0 Å². The molecule has 0 aliphatic carbocycles. The highest BCUT2D eigenvalue weighted by Crippen LogP contribution is 2.38. The molecule has 0 N–H and O–H groups in total. The van der Waals surface area contributed by atoms with Crippen molar-refractivity contribution in [1.29, 1.82) is 0 Å². The Bertz CT molecular complexity index is 1070. The summed E-state index contributed by atoms with van der Waals surface area (Å²) in [5.74, 6) is 4.11. The molecule has 2 aromatic carbocycles. The Hall–Kier alpha value is -2.97. The minimum Gasteiger partial charge on any atom is -0.495 e. The third-order valence-electron chi connectivity index (χ3n) is 4.86. The van der Waals surface area contributed by atoms with Crippen LogP contribution in [0.15, 0.2) is 42.5 Å². The summed E-state index contributed by atoms with van der Waals surface area (Å²) in [4.78, 5) is 19.3. The lowest BCUT2D eigenvalue weighted by Crippen LogP contribution is -2.25. The first-order valence-corrected chi connectivity index (χ1v) is 9.02. The third kappa shape index (κ3) is 3.02. The standard InChI is InChI=1S/C21H18ClN3O2/c1-3-10-24-17-7-5-4-6-16(17)23-21(24)14-11-20(26)25(13-14)18-12-15(22)8-9-19(18)27-2/h1,4-9,12,14H,10-11,13H2,2H3/t14-/m1/s1. The number of amides is 1. The Morgan fingerprint density at radius 1 is 1.33 bits per heavy atom. The van der Waals surface area contributed by atoms with Gasteiger partial charge in [-0.3, -0.25) is 4.79 Å². The number of carbonyl (C=O) groups is 1. The summed E-state index contributed by atoms with van der Waals surface area (Å²) in [7, 11) is 1.58. The predicted octanol–water partition coefficient (Wildman–Crippen LogP) is 3.85. The van der Waals surface area contributed by atoms with Crippen LogP contribution in [0.25, 0.3) is 11.0 Å². The largest absolute Gasteiger partial charge is 0.495 e. The van der Waals surface area contributed by atoms with E-state index in [1.54, 1.807) is 30.2 Å². The van der Waals surface area contributed by atoms with Crippen molar-refractivity contribution >= 4 is 34.2 Å². The normalized spacial score (nSPS) is 16.7. The number of para-hydroxylation sites is 2. The summed E-state index contributed by atoms with van der Waals surface area (Å²) in [5, 5.41) is 0.557. The number of hydrogen-bond donors (Lipinski definition) is 0. The first-order chi connectivity index (χ1) is 13.1. The molecular weight excluding hydrogens is 362 g/mol. The van der Waals surface area contributed by atoms with Crippen LogP contribution in [0.1, 0.15) is 18.2 Å². The smallest absolute Gasteiger partial charge is 0.227 e. The summed E-state index contributed by atoms with van der Waals surface area (Å²) >= 11 is 6.14. The molecule has 0 spiro atoms. The van der Waals surface area contributed by atoms with E-state index in [0.717, 1.165) is 16.9 Å². The van der Waals surface area contributed by atoms with Crippen LogP contribution in [0, 0.1) is 12.3 Å². The summed E-state index contributed by atoms with van der Waals surface area (Å²) in [5.41, 5.74) is 2.54. The number of carbonyl (C=O) groups excluding carboxylic acids is 1. The highest BCUT2D eigenvalue weighted by molar-refractivity contribution is 6.31. The molecular formula is C21H18ClN3O2. The van der Waals surface area contributed by atoms with Crippen LogP contribution in [0.3, 0.4) is 0 Å². The van der Waals surface area contributed by atoms with Gasteiger partial charge in [-0.15, -0.1) is 6.42 Å². The van der Waals surface area contributed by atoms with Gasteiger partial charge in [0.1, 0.15) is 11.6 Å². The van der Waals surface area contributed by atoms with Crippen LogP contribution < -0.4 is 9.64 Å². The van der Waals surface area contributed by atoms with E-state index >= 15 is 0 Å². The molecule has 1 aromatic heterocycles. The molecule has 0 unspecified atom stereocenters. The number of methoxy groups -OCH3 is 1. The second-order valence-corrected chi connectivity index (χ2v) is 6.91. The second kappa shape index (κ2) is 6.98. The number of anilines is 1. The molecule has 136 valence electrons. The zero-order valence-electron chi connectivity index (χ0n) is 14.9. The molecule has 0 radical (unpaired) electrons. The Labute approximate surface area is 162 Å². The van der Waals surface area contributed by atoms with E-state index in [4.69, 9.17) is 27.7 Å². The zero-order valence-corrected chi connectivity index (χ0v) is 15.6. The van der Waals surface area contributed by atoms with E-state index in [1.165, 1.54) is 0 Å². The summed E-state index contributed by atoms with van der Waals surface area (Å²) in [6, 6.07) is 13.1. The molecule has 5 nitrogen and oxygen atoms in total. The number of ether oxygens (including phenoxy) is 1. The lowest BCUT2D eigenvalue weighted by molar-refractivity contribution is -0.117. The van der Waals surface area contributed by atoms with Gasteiger partial charge in [0.25, 0.3) is 0 Å². The molecule has 1 amide bonds. The average molecular weight is 380 g/mol. The minimum absolute atomic E-state index is 0.0138. The van der Waals surface area contributed by atoms with Crippen molar-refractivity contribution in [3.63, 3.8) is 0 Å². The van der Waals surface area contributed by atoms with Gasteiger partial charge in [0.05, 0.1) is 30.4 Å². The number of imidazole rings is 1. The SMILES string of the molecule is C#CCn1c([C@@H]2CC(=O)N(c3cc(Cl)ccc3OC)C2)nc2ccccc21. The van der Waals surface area contributed by atoms with E-state index in [1.807, 2.05) is 28.8 Å². The summed E-state index contributed by atoms with van der Waals surface area (Å²) in [6.07, 6.45) is 5.94. The molecule has 6 heteroatoms. The molecule has 3 aromatic rings. The predicted molar refractivity (Wildman–Crippen MR) is 106 cm³/mol. The fraction of sp³-hybridized carbons (Fsp3) is 0.238. The van der Waals surface area contributed by atoms with Crippen molar-refractivity contribution in [3.8, 4) is 18.1 Å². The van der Waals surface area contributed by atoms with Crippen molar-refractivity contribution < 1.29 is 9.53 Å². The number of hydrogen-bond acceptors (Lipinski definition) is 3. The maximum Gasteiger partial charge on any atom is 0.227 e. The first kappa shape index (κ1) is 17.4. The second-order valence-electron chi connectivity index (χ2n) is 6.47. The molecule has 4 rings (SSSR count). The van der Waals surface area contributed by atoms with Gasteiger partial charge in [-0.2, -0.15) is 0 Å². The third-order valence-corrected chi connectivity index (χ3v) is 5.09. The number of benzene rings is 2. The molecule has 27 heavy (non-hydrogen) atoms. The number of aromatic nitrogens is 2. The molecule has 1 atom stereocenters. The van der Waals surface area contributed by atoms with Gasteiger partial charge in [0.2, 0.25) is 5.91 Å². The van der Waals surface area contributed by atoms with Crippen molar-refractivity contribution in [2.45, 2.75) is 18.9 Å². The van der Waals surface area contributed by atoms with Crippen LogP contribution in [-0.2, 0) is 11.3 Å². The van der Waals surface area contributed by atoms with Gasteiger partial charge in [-0.1, -0.05) is 29.7 Å². The van der Waals surface area contributed by atoms with E-state index in [2.05, 4.69) is 5.92 Å². The quantitative estimate of drug-likeness (QED) is 0.647. The Balaban J connectivity index is 1.73. The minimum atomic E-state index is -0.0538. The molecule has 0 saturated carbocycles. The van der Waals surface area contributed by atoms with Gasteiger partial charge in [0.15, 0.2) is 0 Å². The molecule has 1 fully saturated rings. The molecule has 0 bridgehead atoms. The fourth-order valence-corrected chi connectivity index (χ4v) is 3.82. The maximum atomic E-state index is 12.8. The molecule has 1 aliphatic rings. The number of halogens is 1. The number of nitrogens with zero attached hydrogens (tertiary/aromatic N) is 3. The molecule has 1 aliphatic heterocycles. The summed E-state index contributed by atoms with van der Waals surface area (Å²) in [6.45, 7) is 0.921. The van der Waals surface area contributed by atoms with Crippen molar-refractivity contribution in [3.05, 3.63) is 53.3 Å². The number of fused-ring (bicyclic) bond motifs is 1. The van der Waals surface area contributed by atoms with Gasteiger partial charge in [-0.05, 0) is 30.3 Å². The topological polar surface area (TPSA) is 47.4 Å². The van der Waals surface area contributed by atoms with Crippen LogP contribution in [-0.4, -0.2) is 29.1 Å². The van der Waals surface area contributed by atoms with Crippen molar-refractivity contribution in [1.82, 2.24) is 9.55 Å². The lowest BCUT2D eigenvalue weighted by Gasteiger charge is -2.20. The van der Waals surface area contributed by atoms with Crippen LogP contribution >= 0.6 is 11.6 Å². The van der Waals surface area contributed by atoms with Gasteiger partial charge in [0, 0.05) is 23.9 Å². The Morgan fingerprint density at radius 3 is 2.93 bits per heavy atom. The number of terminal acetylenes is 1. The van der Waals surface area contributed by atoms with Crippen molar-refractivity contribution in [2.75, 3.05) is 18.6 Å². The van der Waals surface area contributed by atoms with E-state index < -0.39 is 0 Å². The molecule has 2 heterocycles. The average Bonchev–Trinajstić information content (AvgIpc) is 3.23. The van der Waals surface area contributed by atoms with Gasteiger partial charge in [-0.25, -0.2) is 4.98 Å². The number of rotatable bonds is 4. The Morgan fingerprint density at radius 2 is 2.15 bits per heavy atom. The van der Waals surface area contributed by atoms with Crippen LogP contribution in [0.5, 0.6) is 5.75 Å². The Kier molecular flexibility index (Phi) is 4.51. The zero-order chi connectivity index (χ0) is 19.0. The monoisotopic (exact) mass is 379 g/mol. The first-order valence-electron chi connectivity index (χ1n) is 8.65. The maximum absolute atomic E-state index is 12.8.